The van der Waals surface area contributed by atoms with Gasteiger partial charge in [-0.2, -0.15) is 0 Å². The van der Waals surface area contributed by atoms with Gasteiger partial charge < -0.3 is 16.0 Å². The number of guanidine groups is 1. The van der Waals surface area contributed by atoms with Crippen LogP contribution in [0.25, 0.3) is 0 Å². The lowest BCUT2D eigenvalue weighted by Crippen LogP contribution is -2.49. The number of benzene rings is 1. The van der Waals surface area contributed by atoms with Gasteiger partial charge in [0, 0.05) is 38.1 Å². The van der Waals surface area contributed by atoms with Crippen molar-refractivity contribution >= 4 is 23.5 Å². The van der Waals surface area contributed by atoms with Crippen LogP contribution in [0, 0.1) is 5.92 Å². The number of nitrogens with zero attached hydrogens (tertiary/aromatic N) is 3. The summed E-state index contributed by atoms with van der Waals surface area (Å²) in [6, 6.07) is 8.20. The lowest BCUT2D eigenvalue weighted by atomic mass is 9.95. The highest BCUT2D eigenvalue weighted by Gasteiger charge is 2.25. The average Bonchev–Trinajstić information content (AvgIpc) is 2.68. The molecule has 156 valence electrons. The summed E-state index contributed by atoms with van der Waals surface area (Å²) in [4.78, 5) is 20.4. The highest BCUT2D eigenvalue weighted by molar-refractivity contribution is 6.31. The number of carbonyl (C=O) groups excluding carboxylic acids is 1. The number of carbonyl (C=O) groups is 1. The Morgan fingerprint density at radius 2 is 2.11 bits per heavy atom. The SMILES string of the molecule is CCN(CC)C(CNC(=NC)N1CCCC(CC(N)=O)C1)c1ccccc1Cl. The minimum Gasteiger partial charge on any atom is -0.370 e. The first-order valence-corrected chi connectivity index (χ1v) is 10.6. The monoisotopic (exact) mass is 407 g/mol. The molecule has 0 aromatic heterocycles. The van der Waals surface area contributed by atoms with Crippen LogP contribution in [0.5, 0.6) is 0 Å². The van der Waals surface area contributed by atoms with Gasteiger partial charge >= 0.3 is 0 Å². The number of halogens is 1. The van der Waals surface area contributed by atoms with E-state index in [0.717, 1.165) is 62.1 Å². The molecule has 0 saturated carbocycles. The molecule has 0 aliphatic carbocycles. The number of piperidine rings is 1. The summed E-state index contributed by atoms with van der Waals surface area (Å²) in [6.45, 7) is 8.69. The molecule has 1 heterocycles. The molecule has 0 bridgehead atoms. The third-order valence-corrected chi connectivity index (χ3v) is 5.84. The van der Waals surface area contributed by atoms with Crippen LogP contribution in [0.2, 0.25) is 5.02 Å². The maximum Gasteiger partial charge on any atom is 0.217 e. The lowest BCUT2D eigenvalue weighted by Gasteiger charge is -2.36. The number of nitrogens with one attached hydrogen (secondary N) is 1. The predicted octanol–water partition coefficient (Wildman–Crippen LogP) is 2.89. The zero-order chi connectivity index (χ0) is 20.5. The van der Waals surface area contributed by atoms with Gasteiger partial charge in [0.25, 0.3) is 0 Å². The number of hydrogen-bond acceptors (Lipinski definition) is 3. The molecule has 0 radical (unpaired) electrons. The molecule has 28 heavy (non-hydrogen) atoms. The predicted molar refractivity (Wildman–Crippen MR) is 117 cm³/mol. The van der Waals surface area contributed by atoms with E-state index in [-0.39, 0.29) is 11.9 Å². The highest BCUT2D eigenvalue weighted by atomic mass is 35.5. The summed E-state index contributed by atoms with van der Waals surface area (Å²) in [7, 11) is 1.81. The van der Waals surface area contributed by atoms with Crippen LogP contribution in [-0.4, -0.2) is 61.4 Å². The summed E-state index contributed by atoms with van der Waals surface area (Å²) in [5.41, 5.74) is 6.52. The van der Waals surface area contributed by atoms with Gasteiger partial charge in [0.1, 0.15) is 0 Å². The van der Waals surface area contributed by atoms with Crippen molar-refractivity contribution in [3.8, 4) is 0 Å². The van der Waals surface area contributed by atoms with Crippen LogP contribution in [0.15, 0.2) is 29.3 Å². The Kier molecular flexibility index (Phi) is 9.06. The molecule has 1 aromatic carbocycles. The molecule has 7 heteroatoms. The van der Waals surface area contributed by atoms with E-state index in [2.05, 4.69) is 40.0 Å². The standard InChI is InChI=1S/C21H34ClN5O/c1-4-26(5-2)19(17-10-6-7-11-18(17)22)14-25-21(24-3)27-12-8-9-16(15-27)13-20(23)28/h6-7,10-11,16,19H,4-5,8-9,12-15H2,1-3H3,(H2,23,28)(H,24,25). The second-order valence-electron chi connectivity index (χ2n) is 7.31. The van der Waals surface area contributed by atoms with Crippen molar-refractivity contribution in [2.45, 2.75) is 39.2 Å². The van der Waals surface area contributed by atoms with E-state index in [9.17, 15) is 4.79 Å². The van der Waals surface area contributed by atoms with Crippen LogP contribution in [0.1, 0.15) is 44.7 Å². The molecule has 3 N–H and O–H groups in total. The Labute approximate surface area is 174 Å². The Bertz CT molecular complexity index is 662. The summed E-state index contributed by atoms with van der Waals surface area (Å²) in [6.07, 6.45) is 2.52. The second-order valence-corrected chi connectivity index (χ2v) is 7.72. The molecular formula is C21H34ClN5O. The van der Waals surface area contributed by atoms with Crippen molar-refractivity contribution in [2.24, 2.45) is 16.6 Å². The number of hydrogen-bond donors (Lipinski definition) is 2. The molecule has 2 atom stereocenters. The Balaban J connectivity index is 2.09. The molecule has 2 unspecified atom stereocenters. The fourth-order valence-corrected chi connectivity index (χ4v) is 4.34. The average molecular weight is 408 g/mol. The van der Waals surface area contributed by atoms with E-state index in [1.165, 1.54) is 0 Å². The number of primary amides is 1. The van der Waals surface area contributed by atoms with E-state index in [1.807, 2.05) is 25.2 Å². The quantitative estimate of drug-likeness (QED) is 0.513. The summed E-state index contributed by atoms with van der Waals surface area (Å²) < 4.78 is 0. The van der Waals surface area contributed by atoms with E-state index >= 15 is 0 Å². The summed E-state index contributed by atoms with van der Waals surface area (Å²) in [5, 5.41) is 4.34. The van der Waals surface area contributed by atoms with Crippen LogP contribution in [-0.2, 0) is 4.79 Å². The first-order chi connectivity index (χ1) is 13.5. The minimum atomic E-state index is -0.227. The van der Waals surface area contributed by atoms with Crippen molar-refractivity contribution < 1.29 is 4.79 Å². The number of likely N-dealkylation sites (N-methyl/N-ethyl adjacent to an activating group) is 1. The Morgan fingerprint density at radius 1 is 1.39 bits per heavy atom. The van der Waals surface area contributed by atoms with E-state index in [1.54, 1.807) is 0 Å². The highest BCUT2D eigenvalue weighted by Crippen LogP contribution is 2.27. The fourth-order valence-electron chi connectivity index (χ4n) is 4.07. The normalized spacial score (nSPS) is 19.0. The number of amides is 1. The van der Waals surface area contributed by atoms with Gasteiger partial charge in [0.15, 0.2) is 5.96 Å². The van der Waals surface area contributed by atoms with Crippen molar-refractivity contribution in [3.63, 3.8) is 0 Å². The number of nitrogens with two attached hydrogens (primary N) is 1. The molecular weight excluding hydrogens is 374 g/mol. The van der Waals surface area contributed by atoms with Crippen molar-refractivity contribution in [1.82, 2.24) is 15.1 Å². The van der Waals surface area contributed by atoms with Gasteiger partial charge in [-0.1, -0.05) is 43.6 Å². The Morgan fingerprint density at radius 3 is 2.71 bits per heavy atom. The van der Waals surface area contributed by atoms with Gasteiger partial charge in [0.2, 0.25) is 5.91 Å². The van der Waals surface area contributed by atoms with E-state index in [0.29, 0.717) is 12.3 Å². The topological polar surface area (TPSA) is 74.0 Å². The van der Waals surface area contributed by atoms with Crippen LogP contribution < -0.4 is 11.1 Å². The van der Waals surface area contributed by atoms with Crippen molar-refractivity contribution in [3.05, 3.63) is 34.9 Å². The molecule has 1 amide bonds. The molecule has 2 rings (SSSR count). The van der Waals surface area contributed by atoms with Gasteiger partial charge in [-0.25, -0.2) is 0 Å². The number of aliphatic imine (C=N–C) groups is 1. The third-order valence-electron chi connectivity index (χ3n) is 5.49. The van der Waals surface area contributed by atoms with Crippen LogP contribution >= 0.6 is 11.6 Å². The fraction of sp³-hybridized carbons (Fsp3) is 0.619. The molecule has 1 aliphatic heterocycles. The van der Waals surface area contributed by atoms with Gasteiger partial charge in [-0.3, -0.25) is 14.7 Å². The molecule has 6 nitrogen and oxygen atoms in total. The first-order valence-electron chi connectivity index (χ1n) is 10.2. The summed E-state index contributed by atoms with van der Waals surface area (Å²) >= 11 is 6.50. The first kappa shape index (κ1) is 22.5. The van der Waals surface area contributed by atoms with Crippen molar-refractivity contribution in [2.75, 3.05) is 39.8 Å². The zero-order valence-electron chi connectivity index (χ0n) is 17.3. The maximum absolute atomic E-state index is 11.3. The van der Waals surface area contributed by atoms with Gasteiger partial charge in [-0.05, 0) is 43.5 Å². The molecule has 1 aliphatic rings. The number of likely N-dealkylation sites (tertiary alicyclic amines) is 1. The molecule has 1 fully saturated rings. The van der Waals surface area contributed by atoms with E-state index < -0.39 is 0 Å². The molecule has 1 aromatic rings. The van der Waals surface area contributed by atoms with Gasteiger partial charge in [-0.15, -0.1) is 0 Å². The largest absolute Gasteiger partial charge is 0.370 e. The van der Waals surface area contributed by atoms with Crippen LogP contribution in [0.4, 0.5) is 0 Å². The smallest absolute Gasteiger partial charge is 0.217 e. The third kappa shape index (κ3) is 6.11. The molecule has 0 spiro atoms. The van der Waals surface area contributed by atoms with Crippen molar-refractivity contribution in [1.29, 1.82) is 0 Å². The van der Waals surface area contributed by atoms with Crippen LogP contribution in [0.3, 0.4) is 0 Å². The number of rotatable bonds is 8. The lowest BCUT2D eigenvalue weighted by molar-refractivity contribution is -0.119. The second kappa shape index (κ2) is 11.3. The van der Waals surface area contributed by atoms with E-state index in [4.69, 9.17) is 17.3 Å². The molecule has 1 saturated heterocycles. The maximum atomic E-state index is 11.3. The Hall–Kier alpha value is -1.79. The van der Waals surface area contributed by atoms with Gasteiger partial charge in [0.05, 0.1) is 6.04 Å². The zero-order valence-corrected chi connectivity index (χ0v) is 18.1. The minimum absolute atomic E-state index is 0.159. The summed E-state index contributed by atoms with van der Waals surface area (Å²) in [5.74, 6) is 0.945.